The molecule has 0 aliphatic carbocycles. The number of carbonyl (C=O) groups is 2. The van der Waals surface area contributed by atoms with Crippen molar-refractivity contribution in [3.05, 3.63) is 48.0 Å². The van der Waals surface area contributed by atoms with Crippen molar-refractivity contribution in [3.63, 3.8) is 0 Å². The van der Waals surface area contributed by atoms with E-state index in [4.69, 9.17) is 4.74 Å². The van der Waals surface area contributed by atoms with E-state index in [2.05, 4.69) is 10.3 Å². The molecule has 0 radical (unpaired) electrons. The fourth-order valence-electron chi connectivity index (χ4n) is 3.41. The molecule has 1 aromatic heterocycles. The van der Waals surface area contributed by atoms with Crippen molar-refractivity contribution < 1.29 is 27.5 Å². The summed E-state index contributed by atoms with van der Waals surface area (Å²) in [4.78, 5) is 31.6. The van der Waals surface area contributed by atoms with E-state index in [0.717, 1.165) is 10.5 Å². The highest BCUT2D eigenvalue weighted by Crippen LogP contribution is 2.24. The van der Waals surface area contributed by atoms with Gasteiger partial charge in [0.2, 0.25) is 5.91 Å². The van der Waals surface area contributed by atoms with Gasteiger partial charge in [0.25, 0.3) is 0 Å². The number of methoxy groups -OCH3 is 1. The van der Waals surface area contributed by atoms with Crippen molar-refractivity contribution in [1.29, 1.82) is 0 Å². The second-order valence-electron chi connectivity index (χ2n) is 7.21. The van der Waals surface area contributed by atoms with Gasteiger partial charge < -0.3 is 24.4 Å². The van der Waals surface area contributed by atoms with Crippen LogP contribution in [0.25, 0.3) is 0 Å². The Hall–Kier alpha value is -3.24. The highest BCUT2D eigenvalue weighted by atomic mass is 19.4. The number of aryl methyl sites for hydroxylation is 1. The van der Waals surface area contributed by atoms with Crippen LogP contribution in [0, 0.1) is 0 Å². The molecule has 31 heavy (non-hydrogen) atoms. The summed E-state index contributed by atoms with van der Waals surface area (Å²) in [5.41, 5.74) is 0.794. The summed E-state index contributed by atoms with van der Waals surface area (Å²) in [6, 6.07) is 6.29. The molecule has 0 saturated carbocycles. The van der Waals surface area contributed by atoms with Crippen LogP contribution in [0.5, 0.6) is 5.75 Å². The van der Waals surface area contributed by atoms with E-state index in [9.17, 15) is 22.8 Å². The number of amides is 3. The second-order valence-corrected chi connectivity index (χ2v) is 7.21. The Labute approximate surface area is 177 Å². The number of rotatable bonds is 5. The average molecular weight is 439 g/mol. The zero-order chi connectivity index (χ0) is 22.6. The van der Waals surface area contributed by atoms with Crippen LogP contribution in [0.1, 0.15) is 23.9 Å². The average Bonchev–Trinajstić information content (AvgIpc) is 3.16. The number of urea groups is 1. The predicted molar refractivity (Wildman–Crippen MR) is 105 cm³/mol. The van der Waals surface area contributed by atoms with Crippen molar-refractivity contribution in [2.24, 2.45) is 7.05 Å². The third kappa shape index (κ3) is 5.68. The van der Waals surface area contributed by atoms with E-state index in [1.54, 1.807) is 36.2 Å². The minimum absolute atomic E-state index is 0.0535. The monoisotopic (exact) mass is 439 g/mol. The minimum atomic E-state index is -4.54. The fourth-order valence-corrected chi connectivity index (χ4v) is 3.41. The number of piperazine rings is 1. The smallest absolute Gasteiger partial charge is 0.397 e. The number of ether oxygens (including phenoxy) is 1. The third-order valence-corrected chi connectivity index (χ3v) is 5.10. The van der Waals surface area contributed by atoms with Crippen LogP contribution < -0.4 is 10.1 Å². The molecule has 11 heteroatoms. The Morgan fingerprint density at radius 3 is 2.26 bits per heavy atom. The molecular weight excluding hydrogens is 415 g/mol. The number of carbonyl (C=O) groups excluding carboxylic acids is 2. The van der Waals surface area contributed by atoms with E-state index in [-0.39, 0.29) is 32.2 Å². The molecule has 1 aliphatic rings. The molecule has 1 atom stereocenters. The summed E-state index contributed by atoms with van der Waals surface area (Å²) in [6.07, 6.45) is -2.64. The molecule has 1 aliphatic heterocycles. The Morgan fingerprint density at radius 1 is 1.13 bits per heavy atom. The Bertz CT molecular complexity index is 906. The molecule has 1 fully saturated rings. The van der Waals surface area contributed by atoms with E-state index in [0.29, 0.717) is 11.6 Å². The number of halogens is 3. The van der Waals surface area contributed by atoms with Crippen molar-refractivity contribution in [3.8, 4) is 5.75 Å². The van der Waals surface area contributed by atoms with Gasteiger partial charge in [-0.05, 0) is 17.7 Å². The molecule has 3 rings (SSSR count). The van der Waals surface area contributed by atoms with E-state index in [1.165, 1.54) is 4.90 Å². The van der Waals surface area contributed by atoms with Crippen LogP contribution in [-0.4, -0.2) is 70.8 Å². The molecule has 1 unspecified atom stereocenters. The third-order valence-electron chi connectivity index (χ3n) is 5.10. The highest BCUT2D eigenvalue weighted by molar-refractivity contribution is 5.78. The van der Waals surface area contributed by atoms with Gasteiger partial charge in [0.15, 0.2) is 0 Å². The molecule has 168 valence electrons. The Morgan fingerprint density at radius 2 is 1.74 bits per heavy atom. The first-order valence-corrected chi connectivity index (χ1v) is 9.69. The van der Waals surface area contributed by atoms with E-state index < -0.39 is 24.5 Å². The standard InChI is InChI=1S/C20H24F3N5O3/c1-26-8-7-24-18(26)17(14-3-5-15(31-2)6-4-14)25-19(30)28-11-9-27(10-12-28)16(29)13-20(21,22)23/h3-8,17H,9-13H2,1-2H3,(H,25,30). The van der Waals surface area contributed by atoms with Gasteiger partial charge in [-0.25, -0.2) is 9.78 Å². The first-order chi connectivity index (χ1) is 14.7. The zero-order valence-electron chi connectivity index (χ0n) is 17.2. The maximum Gasteiger partial charge on any atom is 0.397 e. The quantitative estimate of drug-likeness (QED) is 0.776. The van der Waals surface area contributed by atoms with Crippen LogP contribution in [0.2, 0.25) is 0 Å². The second kappa shape index (κ2) is 9.27. The van der Waals surface area contributed by atoms with E-state index in [1.807, 2.05) is 19.2 Å². The Kier molecular flexibility index (Phi) is 6.71. The van der Waals surface area contributed by atoms with Crippen molar-refractivity contribution in [2.75, 3.05) is 33.3 Å². The molecule has 8 nitrogen and oxygen atoms in total. The van der Waals surface area contributed by atoms with Gasteiger partial charge in [0, 0.05) is 45.6 Å². The topological polar surface area (TPSA) is 79.7 Å². The summed E-state index contributed by atoms with van der Waals surface area (Å²) in [7, 11) is 3.38. The van der Waals surface area contributed by atoms with E-state index >= 15 is 0 Å². The van der Waals surface area contributed by atoms with Crippen LogP contribution in [0.15, 0.2) is 36.7 Å². The number of nitrogens with one attached hydrogen (secondary N) is 1. The number of hydrogen-bond donors (Lipinski definition) is 1. The molecule has 2 heterocycles. The normalized spacial score (nSPS) is 15.5. The van der Waals surface area contributed by atoms with Gasteiger partial charge in [0.05, 0.1) is 7.11 Å². The lowest BCUT2D eigenvalue weighted by Crippen LogP contribution is -2.54. The van der Waals surface area contributed by atoms with Gasteiger partial charge in [-0.3, -0.25) is 4.79 Å². The summed E-state index contributed by atoms with van der Waals surface area (Å²) in [5.74, 6) is 0.322. The van der Waals surface area contributed by atoms with Crippen LogP contribution in [0.4, 0.5) is 18.0 Å². The molecule has 1 saturated heterocycles. The number of hydrogen-bond acceptors (Lipinski definition) is 4. The number of nitrogens with zero attached hydrogens (tertiary/aromatic N) is 4. The molecule has 3 amide bonds. The first kappa shape index (κ1) is 22.4. The summed E-state index contributed by atoms with van der Waals surface area (Å²) >= 11 is 0. The number of benzene rings is 1. The summed E-state index contributed by atoms with van der Waals surface area (Å²) in [5, 5.41) is 2.95. The molecule has 0 bridgehead atoms. The predicted octanol–water partition coefficient (Wildman–Crippen LogP) is 2.32. The minimum Gasteiger partial charge on any atom is -0.497 e. The number of imidazole rings is 1. The van der Waals surface area contributed by atoms with Crippen molar-refractivity contribution in [1.82, 2.24) is 24.7 Å². The first-order valence-electron chi connectivity index (χ1n) is 9.69. The van der Waals surface area contributed by atoms with Crippen LogP contribution >= 0.6 is 0 Å². The highest BCUT2D eigenvalue weighted by Gasteiger charge is 2.35. The lowest BCUT2D eigenvalue weighted by molar-refractivity contribution is -0.162. The molecular formula is C20H24F3N5O3. The largest absolute Gasteiger partial charge is 0.497 e. The molecule has 0 spiro atoms. The summed E-state index contributed by atoms with van der Waals surface area (Å²) in [6.45, 7) is 0.395. The maximum absolute atomic E-state index is 12.9. The van der Waals surface area contributed by atoms with Crippen molar-refractivity contribution in [2.45, 2.75) is 18.6 Å². The summed E-state index contributed by atoms with van der Waals surface area (Å²) < 4.78 is 44.3. The maximum atomic E-state index is 12.9. The molecule has 1 N–H and O–H groups in total. The van der Waals surface area contributed by atoms with Gasteiger partial charge in [-0.1, -0.05) is 12.1 Å². The number of alkyl halides is 3. The van der Waals surface area contributed by atoms with Crippen LogP contribution in [-0.2, 0) is 11.8 Å². The molecule has 2 aromatic rings. The lowest BCUT2D eigenvalue weighted by atomic mass is 10.1. The van der Waals surface area contributed by atoms with Crippen molar-refractivity contribution >= 4 is 11.9 Å². The van der Waals surface area contributed by atoms with Crippen LogP contribution in [0.3, 0.4) is 0 Å². The Balaban J connectivity index is 1.67. The fraction of sp³-hybridized carbons (Fsp3) is 0.450. The molecule has 1 aromatic carbocycles. The number of aromatic nitrogens is 2. The zero-order valence-corrected chi connectivity index (χ0v) is 17.2. The van der Waals surface area contributed by atoms with Gasteiger partial charge in [-0.2, -0.15) is 13.2 Å². The van der Waals surface area contributed by atoms with Gasteiger partial charge in [0.1, 0.15) is 24.0 Å². The van der Waals surface area contributed by atoms with Gasteiger partial charge in [-0.15, -0.1) is 0 Å². The SMILES string of the molecule is COc1ccc(C(NC(=O)N2CCN(C(=O)CC(F)(F)F)CC2)c2nccn2C)cc1. The van der Waals surface area contributed by atoms with Gasteiger partial charge >= 0.3 is 12.2 Å². The lowest BCUT2D eigenvalue weighted by Gasteiger charge is -2.35.